The number of nitrogens with one attached hydrogen (secondary N) is 1. The smallest absolute Gasteiger partial charge is 0.243 e. The predicted octanol–water partition coefficient (Wildman–Crippen LogP) is 4.15. The minimum absolute atomic E-state index is 0.0414. The number of carbonyl (C=O) groups excluding carboxylic acids is 2. The molecule has 2 aromatic rings. The largest absolute Gasteiger partial charge is 0.326 e. The Labute approximate surface area is 202 Å². The highest BCUT2D eigenvalue weighted by Crippen LogP contribution is 2.32. The van der Waals surface area contributed by atoms with Crippen molar-refractivity contribution in [2.24, 2.45) is 5.92 Å². The quantitative estimate of drug-likeness (QED) is 0.692. The van der Waals surface area contributed by atoms with Crippen molar-refractivity contribution in [3.8, 4) is 0 Å². The van der Waals surface area contributed by atoms with Gasteiger partial charge in [-0.15, -0.1) is 0 Å². The molecule has 1 saturated heterocycles. The number of piperidine rings is 1. The predicted molar refractivity (Wildman–Crippen MR) is 133 cm³/mol. The molecule has 0 spiro atoms. The Bertz CT molecular complexity index is 1180. The van der Waals surface area contributed by atoms with E-state index >= 15 is 0 Å². The van der Waals surface area contributed by atoms with Crippen LogP contribution in [0.25, 0.3) is 0 Å². The lowest BCUT2D eigenvalue weighted by atomic mass is 9.98. The summed E-state index contributed by atoms with van der Waals surface area (Å²) >= 11 is 0. The number of hydrogen-bond acceptors (Lipinski definition) is 4. The molecule has 0 aliphatic carbocycles. The molecule has 2 aliphatic rings. The van der Waals surface area contributed by atoms with Crippen LogP contribution in [0.4, 0.5) is 11.4 Å². The van der Waals surface area contributed by atoms with E-state index in [-0.39, 0.29) is 23.3 Å². The molecular formula is C26H33N3O4S. The average molecular weight is 484 g/mol. The van der Waals surface area contributed by atoms with Crippen molar-refractivity contribution in [1.29, 1.82) is 0 Å². The van der Waals surface area contributed by atoms with Crippen molar-refractivity contribution in [3.05, 3.63) is 53.6 Å². The fraction of sp³-hybridized carbons (Fsp3) is 0.462. The molecule has 4 rings (SSSR count). The summed E-state index contributed by atoms with van der Waals surface area (Å²) in [5, 5.41) is 2.95. The van der Waals surface area contributed by atoms with Crippen LogP contribution in [-0.4, -0.2) is 44.2 Å². The van der Waals surface area contributed by atoms with Crippen LogP contribution in [-0.2, 0) is 26.0 Å². The first kappa shape index (κ1) is 24.4. The third-order valence-corrected chi connectivity index (χ3v) is 8.65. The van der Waals surface area contributed by atoms with Gasteiger partial charge in [0, 0.05) is 37.9 Å². The molecule has 2 aromatic carbocycles. The molecule has 0 aromatic heterocycles. The minimum Gasteiger partial charge on any atom is -0.326 e. The van der Waals surface area contributed by atoms with Gasteiger partial charge in [0.15, 0.2) is 0 Å². The fourth-order valence-corrected chi connectivity index (χ4v) is 6.36. The molecule has 8 heteroatoms. The zero-order valence-corrected chi connectivity index (χ0v) is 20.9. The number of anilines is 2. The van der Waals surface area contributed by atoms with Crippen molar-refractivity contribution in [2.75, 3.05) is 29.9 Å². The number of rotatable bonds is 5. The van der Waals surface area contributed by atoms with Gasteiger partial charge in [-0.1, -0.05) is 26.0 Å². The highest BCUT2D eigenvalue weighted by atomic mass is 32.2. The van der Waals surface area contributed by atoms with Gasteiger partial charge < -0.3 is 10.2 Å². The normalized spacial score (nSPS) is 19.1. The van der Waals surface area contributed by atoms with Crippen LogP contribution in [0.15, 0.2) is 47.4 Å². The molecule has 7 nitrogen and oxygen atoms in total. The van der Waals surface area contributed by atoms with Crippen molar-refractivity contribution >= 4 is 33.2 Å². The maximum atomic E-state index is 13.4. The van der Waals surface area contributed by atoms with Gasteiger partial charge >= 0.3 is 0 Å². The second-order valence-electron chi connectivity index (χ2n) is 9.53. The van der Waals surface area contributed by atoms with E-state index in [1.54, 1.807) is 23.1 Å². The maximum absolute atomic E-state index is 13.4. The van der Waals surface area contributed by atoms with Gasteiger partial charge in [-0.05, 0) is 73.1 Å². The zero-order chi connectivity index (χ0) is 24.5. The zero-order valence-electron chi connectivity index (χ0n) is 20.1. The van der Waals surface area contributed by atoms with Crippen molar-refractivity contribution in [2.45, 2.75) is 57.3 Å². The first-order chi connectivity index (χ1) is 16.2. The minimum atomic E-state index is -3.74. The van der Waals surface area contributed by atoms with E-state index in [1.807, 2.05) is 24.3 Å². The van der Waals surface area contributed by atoms with Gasteiger partial charge in [-0.25, -0.2) is 8.42 Å². The van der Waals surface area contributed by atoms with E-state index < -0.39 is 15.9 Å². The lowest BCUT2D eigenvalue weighted by molar-refractivity contribution is -0.121. The molecule has 1 fully saturated rings. The Morgan fingerprint density at radius 3 is 2.44 bits per heavy atom. The number of carbonyl (C=O) groups is 2. The Morgan fingerprint density at radius 2 is 1.76 bits per heavy atom. The molecule has 0 radical (unpaired) electrons. The van der Waals surface area contributed by atoms with E-state index in [4.69, 9.17) is 0 Å². The molecule has 2 aliphatic heterocycles. The van der Waals surface area contributed by atoms with Crippen molar-refractivity contribution < 1.29 is 18.0 Å². The van der Waals surface area contributed by atoms with Crippen molar-refractivity contribution in [1.82, 2.24) is 4.31 Å². The van der Waals surface area contributed by atoms with Gasteiger partial charge in [0.2, 0.25) is 21.8 Å². The van der Waals surface area contributed by atoms with Gasteiger partial charge in [-0.3, -0.25) is 9.59 Å². The Balaban J connectivity index is 1.48. The van der Waals surface area contributed by atoms with Gasteiger partial charge in [0.05, 0.1) is 10.8 Å². The lowest BCUT2D eigenvalue weighted by Crippen LogP contribution is -2.43. The van der Waals surface area contributed by atoms with Gasteiger partial charge in [-0.2, -0.15) is 4.31 Å². The Kier molecular flexibility index (Phi) is 7.09. The van der Waals surface area contributed by atoms with Crippen molar-refractivity contribution in [3.63, 3.8) is 0 Å². The monoisotopic (exact) mass is 483 g/mol. The number of sulfonamides is 1. The number of amides is 2. The van der Waals surface area contributed by atoms with Crippen LogP contribution in [0.2, 0.25) is 0 Å². The summed E-state index contributed by atoms with van der Waals surface area (Å²) in [7, 11) is -3.74. The van der Waals surface area contributed by atoms with Gasteiger partial charge in [0.25, 0.3) is 0 Å². The first-order valence-electron chi connectivity index (χ1n) is 12.0. The third-order valence-electron chi connectivity index (χ3n) is 6.79. The van der Waals surface area contributed by atoms with Crippen LogP contribution in [0.1, 0.15) is 57.1 Å². The second kappa shape index (κ2) is 9.88. The fourth-order valence-electron chi connectivity index (χ4n) is 4.78. The van der Waals surface area contributed by atoms with Crippen LogP contribution >= 0.6 is 0 Å². The van der Waals surface area contributed by atoms with E-state index in [9.17, 15) is 18.0 Å². The number of aryl methyl sites for hydroxylation is 1. The second-order valence-corrected chi connectivity index (χ2v) is 11.5. The van der Waals surface area contributed by atoms with E-state index in [0.717, 1.165) is 29.8 Å². The summed E-state index contributed by atoms with van der Waals surface area (Å²) < 4.78 is 28.3. The molecule has 2 amide bonds. The Hall–Kier alpha value is -2.71. The molecule has 1 N–H and O–H groups in total. The van der Waals surface area contributed by atoms with E-state index in [1.165, 1.54) is 16.8 Å². The molecule has 1 atom stereocenters. The standard InChI is InChI=1S/C26H33N3O4S/c1-18(2)20-8-10-23(11-9-20)27-26(31)22-7-4-14-28(17-22)34(32,33)24-12-13-25-21(16-24)6-5-15-29(25)19(3)30/h8-13,16,18,22H,4-7,14-15,17H2,1-3H3,(H,27,31)/t22-/m1/s1. The Morgan fingerprint density at radius 1 is 1.03 bits per heavy atom. The average Bonchev–Trinajstić information content (AvgIpc) is 2.83. The summed E-state index contributed by atoms with van der Waals surface area (Å²) in [4.78, 5) is 26.8. The van der Waals surface area contributed by atoms with Crippen LogP contribution in [0.3, 0.4) is 0 Å². The molecule has 0 saturated carbocycles. The lowest BCUT2D eigenvalue weighted by Gasteiger charge is -2.32. The molecule has 34 heavy (non-hydrogen) atoms. The van der Waals surface area contributed by atoms with Gasteiger partial charge in [0.1, 0.15) is 0 Å². The highest BCUT2D eigenvalue weighted by molar-refractivity contribution is 7.89. The summed E-state index contributed by atoms with van der Waals surface area (Å²) in [6.45, 7) is 6.97. The molecule has 182 valence electrons. The number of hydrogen-bond donors (Lipinski definition) is 1. The van der Waals surface area contributed by atoms with E-state index in [0.29, 0.717) is 31.8 Å². The molecule has 0 bridgehead atoms. The summed E-state index contributed by atoms with van der Waals surface area (Å²) in [5.74, 6) is -0.185. The van der Waals surface area contributed by atoms with Crippen LogP contribution < -0.4 is 10.2 Å². The summed E-state index contributed by atoms with van der Waals surface area (Å²) in [6, 6.07) is 12.8. The maximum Gasteiger partial charge on any atom is 0.243 e. The number of nitrogens with zero attached hydrogens (tertiary/aromatic N) is 2. The SMILES string of the molecule is CC(=O)N1CCCc2cc(S(=O)(=O)N3CCC[C@@H](C(=O)Nc4ccc(C(C)C)cc4)C3)ccc21. The van der Waals surface area contributed by atoms with Crippen LogP contribution in [0.5, 0.6) is 0 Å². The molecule has 0 unspecified atom stereocenters. The molecular weight excluding hydrogens is 450 g/mol. The highest BCUT2D eigenvalue weighted by Gasteiger charge is 2.34. The molecule has 2 heterocycles. The summed E-state index contributed by atoms with van der Waals surface area (Å²) in [6.07, 6.45) is 2.83. The van der Waals surface area contributed by atoms with E-state index in [2.05, 4.69) is 19.2 Å². The number of fused-ring (bicyclic) bond motifs is 1. The number of benzene rings is 2. The first-order valence-corrected chi connectivity index (χ1v) is 13.4. The third kappa shape index (κ3) is 5.03. The topological polar surface area (TPSA) is 86.8 Å². The van der Waals surface area contributed by atoms with Crippen LogP contribution in [0, 0.1) is 5.92 Å². The summed E-state index contributed by atoms with van der Waals surface area (Å²) in [5.41, 5.74) is 3.58.